The SMILES string of the molecule is CCCCCCCCCCCC(=O)N[C@H]1[C@H](Oc2c3cc4cc2Oc2ccc(cc2Cl)[C@@H](O)[C@@H]2NC(=O)[C@H](NC(=O)[C@@H]4NC(=O)[C@H]4NC(=O)[C@@H](Cc5ccc(cc5)O3)NC(=O)[C@H](NC)c3ccc(O)c(c3)Oc3cc(O)c(Cl)c4c3)c3ccc(O)c(c3)-c3c(O[C@H]4O[C@H](CO)[C@@H](O)[C@H](O)[C@@H]4O)cc(O)cc3[C@H](C(=O)NCCCNCCCNCCCN)NC2=O)O[C@H](CO)[C@@H](O)[C@@H]1O. The van der Waals surface area contributed by atoms with Crippen LogP contribution in [-0.2, 0) is 54.3 Å². The fraction of sp³-hybridized carbons (Fsp3) is 0.457. The topological polar surface area (TPSA) is 602 Å². The predicted molar refractivity (Wildman–Crippen MR) is 477 cm³/mol. The van der Waals surface area contributed by atoms with Gasteiger partial charge in [-0.3, -0.25) is 38.4 Å². The Hall–Kier alpha value is -11.5. The highest BCUT2D eigenvalue weighted by Crippen LogP contribution is 2.51. The molecule has 0 aromatic heterocycles. The van der Waals surface area contributed by atoms with E-state index in [1.54, 1.807) is 0 Å². The normalized spacial score (nSPS) is 25.3. The number of ether oxygens (including phenoxy) is 7. The van der Waals surface area contributed by atoms with E-state index in [0.717, 1.165) is 125 Å². The standard InChI is InChI=1S/C92H112Cl2N12O27/c1-3-4-5-6-7-8-9-10-11-15-67(113)101-76-80(117)78(115)65(42-107)131-91(76)133-83-63-36-48-37-64(83)129-60-25-20-47(34-55(60)93)77(114)75-90(126)105-73(85(121)99-31-14-30-98-29-13-28-97-27-12-26-95)53-38-49(109)39-62(130-92-82(119)81(118)79(116)66(43-108)132-92)68(53)52-33-45(18-23-57(52)110)71(87(123)106-75)102-88(124)72(48)103-89(125)74-54-40-51(41-59(112)69(54)94)128-61-35-46(19-24-58(61)111)70(96-2)86(122)100-56(84(120)104-74)32-44-16-21-50(127-63)22-17-44/h16-25,33-41,56,65-66,70-82,91-92,96-98,107-112,114-119H,3-15,26-32,42-43,95H2,1-2H3,(H,99,121)(H,100,122)(H,101,113)(H,102,124)(H,103,125)(H,104,120)(H,105,126)(H,106,123)/t56-,65-,66-,70-,71-,72-,73-,74+,75+,76-,77-,78-,79-,80-,81+,82+,91+,92+/m1/s1. The molecule has 25 N–H and O–H groups in total. The Labute approximate surface area is 774 Å². The molecular formula is C92H112Cl2N12O27. The van der Waals surface area contributed by atoms with Gasteiger partial charge in [-0.1, -0.05) is 112 Å². The molecule has 41 heteroatoms. The van der Waals surface area contributed by atoms with Crippen molar-refractivity contribution < 1.29 is 133 Å². The average molecular weight is 1890 g/mol. The van der Waals surface area contributed by atoms with E-state index in [0.29, 0.717) is 44.6 Å². The quantitative estimate of drug-likeness (QED) is 0.0286. The van der Waals surface area contributed by atoms with Gasteiger partial charge in [0, 0.05) is 48.2 Å². The lowest BCUT2D eigenvalue weighted by molar-refractivity contribution is -0.277. The summed E-state index contributed by atoms with van der Waals surface area (Å²) in [7, 11) is 1.44. The van der Waals surface area contributed by atoms with Crippen LogP contribution in [0.5, 0.6) is 69.0 Å². The van der Waals surface area contributed by atoms with Crippen molar-refractivity contribution in [1.29, 1.82) is 0 Å². The lowest BCUT2D eigenvalue weighted by Gasteiger charge is -2.42. The van der Waals surface area contributed by atoms with Crippen LogP contribution in [0, 0.1) is 0 Å². The summed E-state index contributed by atoms with van der Waals surface area (Å²) in [6, 6.07) is 6.57. The summed E-state index contributed by atoms with van der Waals surface area (Å²) in [5.41, 5.74) is 3.17. The molecule has 8 heterocycles. The molecule has 2 saturated heterocycles. The summed E-state index contributed by atoms with van der Waals surface area (Å²) in [5, 5.41) is 169. The molecule has 7 aromatic rings. The van der Waals surface area contributed by atoms with Crippen molar-refractivity contribution in [2.24, 2.45) is 5.73 Å². The Morgan fingerprint density at radius 1 is 0.504 bits per heavy atom. The van der Waals surface area contributed by atoms with Crippen LogP contribution in [0.4, 0.5) is 0 Å². The molecule has 8 aliphatic heterocycles. The van der Waals surface area contributed by atoms with Gasteiger partial charge in [-0.25, -0.2) is 0 Å². The Balaban J connectivity index is 1.01. The highest BCUT2D eigenvalue weighted by Gasteiger charge is 2.50. The number of aliphatic hydroxyl groups excluding tert-OH is 8. The van der Waals surface area contributed by atoms with Crippen LogP contribution in [-0.4, -0.2) is 241 Å². The number of aliphatic hydroxyl groups is 8. The van der Waals surface area contributed by atoms with Crippen molar-refractivity contribution >= 4 is 70.5 Å². The van der Waals surface area contributed by atoms with Crippen LogP contribution in [0.15, 0.2) is 115 Å². The number of unbranched alkanes of at least 4 members (excludes halogenated alkanes) is 8. The van der Waals surface area contributed by atoms with Crippen LogP contribution >= 0.6 is 23.2 Å². The van der Waals surface area contributed by atoms with E-state index >= 15 is 28.8 Å². The van der Waals surface area contributed by atoms with E-state index < -0.39 is 260 Å². The third-order valence-electron chi connectivity index (χ3n) is 23.9. The van der Waals surface area contributed by atoms with Crippen LogP contribution in [0.1, 0.15) is 166 Å². The van der Waals surface area contributed by atoms with E-state index in [2.05, 4.69) is 65.4 Å². The number of fused-ring (bicyclic) bond motifs is 14. The first-order valence-corrected chi connectivity index (χ1v) is 45.0. The number of carbonyl (C=O) groups excluding carboxylic acids is 8. The number of hydrogen-bond acceptors (Lipinski definition) is 31. The van der Waals surface area contributed by atoms with Gasteiger partial charge < -0.3 is 159 Å². The van der Waals surface area contributed by atoms with Crippen molar-refractivity contribution in [3.8, 4) is 80.1 Å². The second kappa shape index (κ2) is 45.5. The fourth-order valence-electron chi connectivity index (χ4n) is 16.6. The van der Waals surface area contributed by atoms with E-state index in [1.807, 2.05) is 0 Å². The number of phenols is 4. The number of phenolic OH excluding ortho intramolecular Hbond substituents is 4. The first-order valence-electron chi connectivity index (χ1n) is 44.3. The molecule has 7 aromatic carbocycles. The number of hydrogen-bond donors (Lipinski definition) is 24. The second-order valence-corrected chi connectivity index (χ2v) is 34.2. The lowest BCUT2D eigenvalue weighted by Crippen LogP contribution is -2.65. The van der Waals surface area contributed by atoms with E-state index in [1.165, 1.54) is 61.6 Å². The molecule has 0 aliphatic carbocycles. The Kier molecular flexibility index (Phi) is 33.9. The van der Waals surface area contributed by atoms with Gasteiger partial charge in [-0.05, 0) is 172 Å². The summed E-state index contributed by atoms with van der Waals surface area (Å²) in [6.07, 6.45) is -10.1. The van der Waals surface area contributed by atoms with Gasteiger partial charge in [0.1, 0.15) is 137 Å². The zero-order valence-electron chi connectivity index (χ0n) is 72.7. The van der Waals surface area contributed by atoms with E-state index in [4.69, 9.17) is 62.1 Å². The van der Waals surface area contributed by atoms with E-state index in [9.17, 15) is 70.9 Å². The molecule has 0 saturated carbocycles. The molecule has 18 atom stereocenters. The van der Waals surface area contributed by atoms with Crippen molar-refractivity contribution in [2.45, 2.75) is 207 Å². The van der Waals surface area contributed by atoms with Gasteiger partial charge in [0.2, 0.25) is 65.6 Å². The number of benzene rings is 7. The number of amides is 8. The van der Waals surface area contributed by atoms with Gasteiger partial charge in [0.25, 0.3) is 0 Å². The predicted octanol–water partition coefficient (Wildman–Crippen LogP) is 3.58. The molecule has 716 valence electrons. The van der Waals surface area contributed by atoms with E-state index in [-0.39, 0.29) is 59.9 Å². The summed E-state index contributed by atoms with van der Waals surface area (Å²) >= 11 is 14.4. The molecule has 17 bridgehead atoms. The number of likely N-dealkylation sites (N-methyl/N-ethyl adjacent to an activating group) is 1. The second-order valence-electron chi connectivity index (χ2n) is 33.4. The lowest BCUT2D eigenvalue weighted by atomic mass is 9.89. The fourth-order valence-corrected chi connectivity index (χ4v) is 17.1. The third-order valence-corrected chi connectivity index (χ3v) is 24.6. The molecule has 15 rings (SSSR count). The Morgan fingerprint density at radius 3 is 1.79 bits per heavy atom. The highest BCUT2D eigenvalue weighted by molar-refractivity contribution is 6.33. The van der Waals surface area contributed by atoms with Crippen molar-refractivity contribution in [1.82, 2.24) is 58.5 Å². The molecule has 0 unspecified atom stereocenters. The number of carbonyl (C=O) groups is 8. The highest BCUT2D eigenvalue weighted by atomic mass is 35.5. The molecule has 0 radical (unpaired) electrons. The maximum absolute atomic E-state index is 16.9. The van der Waals surface area contributed by atoms with Crippen LogP contribution < -0.4 is 87.9 Å². The minimum Gasteiger partial charge on any atom is -0.508 e. The van der Waals surface area contributed by atoms with Gasteiger partial charge in [-0.15, -0.1) is 0 Å². The largest absolute Gasteiger partial charge is 0.508 e. The van der Waals surface area contributed by atoms with Crippen molar-refractivity contribution in [2.75, 3.05) is 59.5 Å². The van der Waals surface area contributed by atoms with Gasteiger partial charge in [0.15, 0.2) is 23.0 Å². The summed E-state index contributed by atoms with van der Waals surface area (Å²) < 4.78 is 45.1. The van der Waals surface area contributed by atoms with Crippen molar-refractivity contribution in [3.63, 3.8) is 0 Å². The van der Waals surface area contributed by atoms with Gasteiger partial charge in [-0.2, -0.15) is 0 Å². The van der Waals surface area contributed by atoms with Gasteiger partial charge in [0.05, 0.1) is 23.3 Å². The zero-order valence-corrected chi connectivity index (χ0v) is 74.3. The average Bonchev–Trinajstić information content (AvgIpc) is 0.752. The first kappa shape index (κ1) is 99.0. The molecule has 8 amide bonds. The van der Waals surface area contributed by atoms with Crippen LogP contribution in [0.3, 0.4) is 0 Å². The molecule has 133 heavy (non-hydrogen) atoms. The first-order chi connectivity index (χ1) is 64.0. The van der Waals surface area contributed by atoms with Crippen molar-refractivity contribution in [3.05, 3.63) is 164 Å². The zero-order chi connectivity index (χ0) is 95.0. The molecular weight excluding hydrogens is 1780 g/mol. The Bertz CT molecular complexity index is 5340. The summed E-state index contributed by atoms with van der Waals surface area (Å²) in [4.78, 5) is 126. The maximum atomic E-state index is 16.9. The van der Waals surface area contributed by atoms with Crippen LogP contribution in [0.2, 0.25) is 10.0 Å². The summed E-state index contributed by atoms with van der Waals surface area (Å²) in [5.74, 6) is -15.5. The van der Waals surface area contributed by atoms with Crippen LogP contribution in [0.25, 0.3) is 11.1 Å². The number of halogens is 2. The number of rotatable bonds is 30. The minimum absolute atomic E-state index is 0.0751. The maximum Gasteiger partial charge on any atom is 0.248 e. The van der Waals surface area contributed by atoms with Gasteiger partial charge >= 0.3 is 0 Å². The number of nitrogens with two attached hydrogens (primary N) is 1. The smallest absolute Gasteiger partial charge is 0.248 e. The number of aromatic hydroxyl groups is 4. The molecule has 2 fully saturated rings. The number of nitrogens with one attached hydrogen (secondary N) is 11. The minimum atomic E-state index is -2.41. The Morgan fingerprint density at radius 2 is 1.11 bits per heavy atom. The molecule has 39 nitrogen and oxygen atoms in total. The monoisotopic (exact) mass is 1890 g/mol. The third kappa shape index (κ3) is 23.7. The molecule has 8 aliphatic rings. The summed E-state index contributed by atoms with van der Waals surface area (Å²) in [6.45, 7) is 2.96. The molecule has 0 spiro atoms.